The van der Waals surface area contributed by atoms with Crippen LogP contribution in [0, 0.1) is 0 Å². The SMILES string of the molecule is COC(=O)/C=C/C(=O)NC[C@H](NC(=O)[C@@H]([NH3+])CCCC[NH3+])C(=O)[O-]. The lowest BCUT2D eigenvalue weighted by atomic mass is 10.1. The van der Waals surface area contributed by atoms with Crippen LogP contribution in [0.5, 0.6) is 0 Å². The van der Waals surface area contributed by atoms with Gasteiger partial charge in [-0.3, -0.25) is 9.59 Å². The Morgan fingerprint density at radius 3 is 2.42 bits per heavy atom. The minimum atomic E-state index is -1.54. The third kappa shape index (κ3) is 9.54. The van der Waals surface area contributed by atoms with E-state index in [1.165, 1.54) is 0 Å². The molecule has 0 rings (SSSR count). The van der Waals surface area contributed by atoms with Gasteiger partial charge < -0.3 is 36.7 Å². The zero-order valence-corrected chi connectivity index (χ0v) is 13.7. The monoisotopic (exact) mass is 345 g/mol. The molecular weight excluding hydrogens is 320 g/mol. The van der Waals surface area contributed by atoms with E-state index in [2.05, 4.69) is 26.8 Å². The van der Waals surface area contributed by atoms with Crippen molar-refractivity contribution in [3.05, 3.63) is 12.2 Å². The zero-order valence-electron chi connectivity index (χ0n) is 13.7. The fourth-order valence-corrected chi connectivity index (χ4v) is 1.65. The molecule has 0 unspecified atom stereocenters. The molecule has 0 spiro atoms. The van der Waals surface area contributed by atoms with Crippen LogP contribution < -0.4 is 27.2 Å². The van der Waals surface area contributed by atoms with Crippen LogP contribution in [0.3, 0.4) is 0 Å². The molecular formula is C14H25N4O6+. The van der Waals surface area contributed by atoms with Crippen LogP contribution in [0.2, 0.25) is 0 Å². The summed E-state index contributed by atoms with van der Waals surface area (Å²) in [6, 6.07) is -2.00. The Balaban J connectivity index is 4.42. The van der Waals surface area contributed by atoms with E-state index in [0.29, 0.717) is 6.42 Å². The molecule has 0 aliphatic rings. The maximum Gasteiger partial charge on any atom is 0.330 e. The highest BCUT2D eigenvalue weighted by atomic mass is 16.5. The average molecular weight is 345 g/mol. The Bertz CT molecular complexity index is 480. The van der Waals surface area contributed by atoms with Gasteiger partial charge >= 0.3 is 5.97 Å². The smallest absolute Gasteiger partial charge is 0.330 e. The normalized spacial score (nSPS) is 13.1. The van der Waals surface area contributed by atoms with Crippen LogP contribution in [0.1, 0.15) is 19.3 Å². The second-order valence-electron chi connectivity index (χ2n) is 5.03. The molecule has 0 saturated carbocycles. The number of carbonyl (C=O) groups excluding carboxylic acids is 4. The number of hydrogen-bond donors (Lipinski definition) is 4. The predicted molar refractivity (Wildman–Crippen MR) is 79.4 cm³/mol. The minimum Gasteiger partial charge on any atom is -0.548 e. The van der Waals surface area contributed by atoms with E-state index in [1.54, 1.807) is 0 Å². The number of carboxylic acids is 1. The van der Waals surface area contributed by atoms with E-state index < -0.39 is 35.8 Å². The molecule has 0 aromatic rings. The lowest BCUT2D eigenvalue weighted by Crippen LogP contribution is -2.69. The third-order valence-corrected chi connectivity index (χ3v) is 3.08. The standard InChI is InChI=1S/C14H24N4O6/c1-24-12(20)6-5-11(19)17-8-10(14(22)23)18-13(21)9(16)4-2-3-7-15/h5-6,9-10H,2-4,7-8,15-16H2,1H3,(H,17,19)(H,18,21)(H,22,23)/p+1/b6-5+/t9-,10-/m0/s1. The van der Waals surface area contributed by atoms with Crippen molar-refractivity contribution in [1.29, 1.82) is 0 Å². The number of amides is 2. The van der Waals surface area contributed by atoms with E-state index in [0.717, 1.165) is 38.6 Å². The van der Waals surface area contributed by atoms with Gasteiger partial charge in [-0.1, -0.05) is 0 Å². The molecule has 0 aromatic carbocycles. The molecule has 2 atom stereocenters. The molecule has 0 fully saturated rings. The second-order valence-corrected chi connectivity index (χ2v) is 5.03. The molecule has 24 heavy (non-hydrogen) atoms. The van der Waals surface area contributed by atoms with Gasteiger partial charge in [0, 0.05) is 25.1 Å². The van der Waals surface area contributed by atoms with E-state index >= 15 is 0 Å². The summed E-state index contributed by atoms with van der Waals surface area (Å²) in [7, 11) is 1.15. The molecule has 10 nitrogen and oxygen atoms in total. The summed E-state index contributed by atoms with van der Waals surface area (Å²) in [5.74, 6) is -3.50. The largest absolute Gasteiger partial charge is 0.548 e. The summed E-state index contributed by atoms with van der Waals surface area (Å²) >= 11 is 0. The highest BCUT2D eigenvalue weighted by Crippen LogP contribution is 1.97. The van der Waals surface area contributed by atoms with E-state index in [4.69, 9.17) is 0 Å². The maximum atomic E-state index is 11.9. The van der Waals surface area contributed by atoms with Crippen molar-refractivity contribution in [2.75, 3.05) is 20.2 Å². The Hall–Kier alpha value is -2.46. The molecule has 8 N–H and O–H groups in total. The van der Waals surface area contributed by atoms with Crippen molar-refractivity contribution in [3.8, 4) is 0 Å². The van der Waals surface area contributed by atoms with Gasteiger partial charge in [0.25, 0.3) is 5.91 Å². The molecule has 0 saturated heterocycles. The van der Waals surface area contributed by atoms with Gasteiger partial charge in [-0.2, -0.15) is 0 Å². The fraction of sp³-hybridized carbons (Fsp3) is 0.571. The van der Waals surface area contributed by atoms with Gasteiger partial charge in [0.2, 0.25) is 5.91 Å². The van der Waals surface area contributed by atoms with E-state index in [9.17, 15) is 24.3 Å². The molecule has 136 valence electrons. The molecule has 0 heterocycles. The summed E-state index contributed by atoms with van der Waals surface area (Å²) in [5.41, 5.74) is 7.37. The van der Waals surface area contributed by atoms with Crippen molar-refractivity contribution in [1.82, 2.24) is 10.6 Å². The van der Waals surface area contributed by atoms with Crippen LogP contribution in [-0.2, 0) is 23.9 Å². The quantitative estimate of drug-likeness (QED) is 0.165. The number of quaternary nitrogens is 2. The molecule has 0 aliphatic carbocycles. The van der Waals surface area contributed by atoms with Crippen LogP contribution in [-0.4, -0.2) is 56.0 Å². The third-order valence-electron chi connectivity index (χ3n) is 3.08. The highest BCUT2D eigenvalue weighted by Gasteiger charge is 2.21. The first kappa shape index (κ1) is 21.5. The van der Waals surface area contributed by atoms with Gasteiger partial charge in [-0.05, 0) is 12.8 Å². The van der Waals surface area contributed by atoms with E-state index in [1.807, 2.05) is 0 Å². The number of nitrogens with one attached hydrogen (secondary N) is 2. The van der Waals surface area contributed by atoms with Crippen LogP contribution in [0.15, 0.2) is 12.2 Å². The summed E-state index contributed by atoms with van der Waals surface area (Å²) in [5, 5.41) is 15.6. The lowest BCUT2D eigenvalue weighted by Gasteiger charge is -2.21. The topological polar surface area (TPSA) is 180 Å². The summed E-state index contributed by atoms with van der Waals surface area (Å²) in [4.78, 5) is 45.2. The Labute approximate surface area is 139 Å². The van der Waals surface area contributed by atoms with Gasteiger partial charge in [0.05, 0.1) is 25.7 Å². The zero-order chi connectivity index (χ0) is 18.5. The number of methoxy groups -OCH3 is 1. The summed E-state index contributed by atoms with van der Waals surface area (Å²) in [6.45, 7) is 0.366. The lowest BCUT2D eigenvalue weighted by molar-refractivity contribution is -0.406. The van der Waals surface area contributed by atoms with Crippen LogP contribution >= 0.6 is 0 Å². The van der Waals surface area contributed by atoms with Gasteiger partial charge in [-0.25, -0.2) is 4.79 Å². The van der Waals surface area contributed by atoms with Gasteiger partial charge in [-0.15, -0.1) is 0 Å². The number of carboxylic acid groups (broad SMARTS) is 1. The van der Waals surface area contributed by atoms with Crippen molar-refractivity contribution in [3.63, 3.8) is 0 Å². The highest BCUT2D eigenvalue weighted by molar-refractivity contribution is 5.94. The Morgan fingerprint density at radius 2 is 1.88 bits per heavy atom. The van der Waals surface area contributed by atoms with Crippen molar-refractivity contribution >= 4 is 23.8 Å². The summed E-state index contributed by atoms with van der Waals surface area (Å²) in [6.07, 6.45) is 3.90. The molecule has 0 aliphatic heterocycles. The molecule has 2 amide bonds. The second kappa shape index (κ2) is 12.0. The number of unbranched alkanes of at least 4 members (excludes halogenated alkanes) is 1. The number of esters is 1. The predicted octanol–water partition coefficient (Wildman–Crippen LogP) is -4.91. The Kier molecular flexibility index (Phi) is 10.8. The van der Waals surface area contributed by atoms with Crippen molar-refractivity contribution in [2.45, 2.75) is 31.3 Å². The van der Waals surface area contributed by atoms with Crippen molar-refractivity contribution in [2.24, 2.45) is 0 Å². The maximum absolute atomic E-state index is 11.9. The van der Waals surface area contributed by atoms with Crippen molar-refractivity contribution < 1.29 is 40.5 Å². The first-order chi connectivity index (χ1) is 11.3. The first-order valence-corrected chi connectivity index (χ1v) is 7.49. The number of hydrogen-bond acceptors (Lipinski definition) is 6. The first-order valence-electron chi connectivity index (χ1n) is 7.49. The van der Waals surface area contributed by atoms with Crippen LogP contribution in [0.25, 0.3) is 0 Å². The van der Waals surface area contributed by atoms with Crippen LogP contribution in [0.4, 0.5) is 0 Å². The average Bonchev–Trinajstić information content (AvgIpc) is 2.55. The summed E-state index contributed by atoms with van der Waals surface area (Å²) < 4.78 is 4.31. The van der Waals surface area contributed by atoms with Gasteiger partial charge in [0.1, 0.15) is 0 Å². The Morgan fingerprint density at radius 1 is 1.21 bits per heavy atom. The minimum absolute atomic E-state index is 0.385. The van der Waals surface area contributed by atoms with E-state index in [-0.39, 0.29) is 6.54 Å². The molecule has 0 radical (unpaired) electrons. The molecule has 0 bridgehead atoms. The number of rotatable bonds is 11. The fourth-order valence-electron chi connectivity index (χ4n) is 1.65. The number of ether oxygens (including phenoxy) is 1. The molecule has 10 heteroatoms. The van der Waals surface area contributed by atoms with Gasteiger partial charge in [0.15, 0.2) is 6.04 Å². The number of carbonyl (C=O) groups is 4. The molecule has 0 aromatic heterocycles. The number of aliphatic carboxylic acids is 1.